The third-order valence-corrected chi connectivity index (χ3v) is 3.41. The minimum atomic E-state index is -0.334. The number of hydrogen-bond acceptors (Lipinski definition) is 3. The monoisotopic (exact) mass is 362 g/mol. The Hall–Kier alpha value is -0.850. The first kappa shape index (κ1) is 15.2. The number of hydrogen-bond donors (Lipinski definition) is 1. The number of nitrogens with zero attached hydrogens (tertiary/aromatic N) is 1. The van der Waals surface area contributed by atoms with Crippen molar-refractivity contribution in [1.82, 2.24) is 0 Å². The van der Waals surface area contributed by atoms with Gasteiger partial charge in [0.05, 0.1) is 4.92 Å². The van der Waals surface area contributed by atoms with Gasteiger partial charge in [-0.1, -0.05) is 13.8 Å². The second kappa shape index (κ2) is 6.92. The summed E-state index contributed by atoms with van der Waals surface area (Å²) in [6.45, 7) is 6.42. The van der Waals surface area contributed by atoms with E-state index in [1.54, 1.807) is 12.1 Å². The molecule has 4 nitrogen and oxygen atoms in total. The maximum Gasteiger partial charge on any atom is 0.293 e. The maximum absolute atomic E-state index is 11.0. The van der Waals surface area contributed by atoms with Gasteiger partial charge in [0.2, 0.25) is 0 Å². The van der Waals surface area contributed by atoms with Gasteiger partial charge in [-0.3, -0.25) is 10.1 Å². The number of halogens is 1. The van der Waals surface area contributed by atoms with E-state index < -0.39 is 0 Å². The predicted molar refractivity (Wildman–Crippen MR) is 83.0 cm³/mol. The normalized spacial score (nSPS) is 12.5. The van der Waals surface area contributed by atoms with Crippen LogP contribution in [0.2, 0.25) is 0 Å². The molecule has 100 valence electrons. The summed E-state index contributed by atoms with van der Waals surface area (Å²) >= 11 is 2.08. The van der Waals surface area contributed by atoms with Crippen molar-refractivity contribution in [2.45, 2.75) is 39.7 Å². The van der Waals surface area contributed by atoms with E-state index in [1.807, 2.05) is 6.07 Å². The molecular formula is C13H19IN2O2. The van der Waals surface area contributed by atoms with Crippen LogP contribution in [-0.4, -0.2) is 11.0 Å². The molecule has 1 unspecified atom stereocenters. The number of anilines is 1. The number of nitro groups is 1. The molecular weight excluding hydrogens is 343 g/mol. The average Bonchev–Trinajstić information content (AvgIpc) is 2.28. The summed E-state index contributed by atoms with van der Waals surface area (Å²) < 4.78 is 0.875. The molecule has 18 heavy (non-hydrogen) atoms. The Kier molecular flexibility index (Phi) is 5.84. The van der Waals surface area contributed by atoms with E-state index in [9.17, 15) is 10.1 Å². The second-order valence-corrected chi connectivity index (χ2v) is 6.18. The Morgan fingerprint density at radius 3 is 2.56 bits per heavy atom. The van der Waals surface area contributed by atoms with E-state index in [0.717, 1.165) is 16.4 Å². The van der Waals surface area contributed by atoms with Crippen LogP contribution in [0.1, 0.15) is 33.6 Å². The van der Waals surface area contributed by atoms with Gasteiger partial charge in [-0.2, -0.15) is 0 Å². The molecule has 0 radical (unpaired) electrons. The van der Waals surface area contributed by atoms with Crippen LogP contribution < -0.4 is 5.32 Å². The third kappa shape index (κ3) is 4.80. The van der Waals surface area contributed by atoms with Crippen LogP contribution in [-0.2, 0) is 0 Å². The van der Waals surface area contributed by atoms with Crippen molar-refractivity contribution in [3.05, 3.63) is 31.9 Å². The van der Waals surface area contributed by atoms with Gasteiger partial charge in [0, 0.05) is 15.7 Å². The van der Waals surface area contributed by atoms with E-state index in [1.165, 1.54) is 0 Å². The van der Waals surface area contributed by atoms with Gasteiger partial charge in [0.25, 0.3) is 5.69 Å². The van der Waals surface area contributed by atoms with Gasteiger partial charge in [0.15, 0.2) is 0 Å². The van der Waals surface area contributed by atoms with Crippen molar-refractivity contribution in [2.75, 3.05) is 5.32 Å². The predicted octanol–water partition coefficient (Wildman–Crippen LogP) is 4.44. The van der Waals surface area contributed by atoms with Crippen molar-refractivity contribution in [3.63, 3.8) is 0 Å². The minimum absolute atomic E-state index is 0.151. The highest BCUT2D eigenvalue weighted by molar-refractivity contribution is 14.1. The lowest BCUT2D eigenvalue weighted by molar-refractivity contribution is -0.384. The molecule has 0 saturated carbocycles. The van der Waals surface area contributed by atoms with Crippen LogP contribution in [0.5, 0.6) is 0 Å². The van der Waals surface area contributed by atoms with Gasteiger partial charge >= 0.3 is 0 Å². The average molecular weight is 362 g/mol. The van der Waals surface area contributed by atoms with Crippen molar-refractivity contribution < 1.29 is 4.92 Å². The Morgan fingerprint density at radius 2 is 2.00 bits per heavy atom. The highest BCUT2D eigenvalue weighted by Gasteiger charge is 2.15. The fourth-order valence-electron chi connectivity index (χ4n) is 1.70. The quantitative estimate of drug-likeness (QED) is 0.463. The SMILES string of the molecule is CC(C)CCC(C)Nc1ccc(I)cc1[N+](=O)[O-]. The lowest BCUT2D eigenvalue weighted by Gasteiger charge is -2.16. The molecule has 0 amide bonds. The van der Waals surface area contributed by atoms with Crippen molar-refractivity contribution in [1.29, 1.82) is 0 Å². The number of rotatable bonds is 6. The molecule has 0 aromatic heterocycles. The van der Waals surface area contributed by atoms with Crippen LogP contribution in [0.4, 0.5) is 11.4 Å². The van der Waals surface area contributed by atoms with Crippen LogP contribution >= 0.6 is 22.6 Å². The maximum atomic E-state index is 11.0. The van der Waals surface area contributed by atoms with E-state index in [0.29, 0.717) is 11.6 Å². The molecule has 0 bridgehead atoms. The van der Waals surface area contributed by atoms with E-state index in [-0.39, 0.29) is 16.7 Å². The molecule has 1 atom stereocenters. The molecule has 0 fully saturated rings. The van der Waals surface area contributed by atoms with Gasteiger partial charge in [0.1, 0.15) is 5.69 Å². The zero-order chi connectivity index (χ0) is 13.7. The fraction of sp³-hybridized carbons (Fsp3) is 0.538. The number of nitro benzene ring substituents is 1. The molecule has 5 heteroatoms. The van der Waals surface area contributed by atoms with Crippen molar-refractivity contribution in [3.8, 4) is 0 Å². The summed E-state index contributed by atoms with van der Waals surface area (Å²) in [4.78, 5) is 10.7. The molecule has 1 aromatic rings. The van der Waals surface area contributed by atoms with Crippen LogP contribution in [0.3, 0.4) is 0 Å². The molecule has 0 spiro atoms. The first-order valence-corrected chi connectivity index (χ1v) is 7.18. The van der Waals surface area contributed by atoms with E-state index in [2.05, 4.69) is 48.7 Å². The van der Waals surface area contributed by atoms with Gasteiger partial charge in [-0.25, -0.2) is 0 Å². The third-order valence-electron chi connectivity index (χ3n) is 2.74. The Morgan fingerprint density at radius 1 is 1.33 bits per heavy atom. The van der Waals surface area contributed by atoms with Gasteiger partial charge < -0.3 is 5.32 Å². The first-order chi connectivity index (χ1) is 8.40. The van der Waals surface area contributed by atoms with Gasteiger partial charge in [-0.15, -0.1) is 0 Å². The molecule has 0 aliphatic rings. The summed E-state index contributed by atoms with van der Waals surface area (Å²) in [5.41, 5.74) is 0.759. The van der Waals surface area contributed by atoms with Crippen molar-refractivity contribution in [2.24, 2.45) is 5.92 Å². The zero-order valence-electron chi connectivity index (χ0n) is 10.9. The zero-order valence-corrected chi connectivity index (χ0v) is 13.1. The highest BCUT2D eigenvalue weighted by Crippen LogP contribution is 2.27. The molecule has 1 rings (SSSR count). The summed E-state index contributed by atoms with van der Waals surface area (Å²) in [5, 5.41) is 14.2. The Bertz CT molecular complexity index is 421. The number of benzene rings is 1. The second-order valence-electron chi connectivity index (χ2n) is 4.94. The van der Waals surface area contributed by atoms with Crippen LogP contribution in [0.25, 0.3) is 0 Å². The Balaban J connectivity index is 2.74. The van der Waals surface area contributed by atoms with Crippen molar-refractivity contribution >= 4 is 34.0 Å². The largest absolute Gasteiger partial charge is 0.377 e. The fourth-order valence-corrected chi connectivity index (χ4v) is 2.17. The molecule has 0 aliphatic carbocycles. The lowest BCUT2D eigenvalue weighted by Crippen LogP contribution is -2.16. The molecule has 1 aromatic carbocycles. The molecule has 0 heterocycles. The topological polar surface area (TPSA) is 55.2 Å². The lowest BCUT2D eigenvalue weighted by atomic mass is 10.0. The summed E-state index contributed by atoms with van der Waals surface area (Å²) in [7, 11) is 0. The van der Waals surface area contributed by atoms with E-state index in [4.69, 9.17) is 0 Å². The van der Waals surface area contributed by atoms with Crippen LogP contribution in [0.15, 0.2) is 18.2 Å². The summed E-state index contributed by atoms with van der Waals surface area (Å²) in [6, 6.07) is 5.50. The number of nitrogens with one attached hydrogen (secondary N) is 1. The standard InChI is InChI=1S/C13H19IN2O2/c1-9(2)4-5-10(3)15-12-7-6-11(14)8-13(12)16(17)18/h6-10,15H,4-5H2,1-3H3. The smallest absolute Gasteiger partial charge is 0.293 e. The molecule has 1 N–H and O–H groups in total. The summed E-state index contributed by atoms with van der Waals surface area (Å²) in [6.07, 6.45) is 2.13. The molecule has 0 aliphatic heterocycles. The van der Waals surface area contributed by atoms with Gasteiger partial charge in [-0.05, 0) is 60.4 Å². The minimum Gasteiger partial charge on any atom is -0.377 e. The van der Waals surface area contributed by atoms with E-state index >= 15 is 0 Å². The molecule has 0 saturated heterocycles. The highest BCUT2D eigenvalue weighted by atomic mass is 127. The first-order valence-electron chi connectivity index (χ1n) is 6.10. The van der Waals surface area contributed by atoms with Crippen LogP contribution in [0, 0.1) is 19.6 Å². The summed E-state index contributed by atoms with van der Waals surface area (Å²) in [5.74, 6) is 0.654. The Labute approximate surface area is 121 Å².